The number of ether oxygens (including phenoxy) is 1. The van der Waals surface area contributed by atoms with Gasteiger partial charge < -0.3 is 15.4 Å². The molecule has 0 aromatic heterocycles. The minimum Gasteiger partial charge on any atom is -0.378 e. The van der Waals surface area contributed by atoms with Crippen molar-refractivity contribution in [2.24, 2.45) is 0 Å². The molecule has 0 aromatic carbocycles. The van der Waals surface area contributed by atoms with E-state index < -0.39 is 0 Å². The van der Waals surface area contributed by atoms with Gasteiger partial charge in [-0.2, -0.15) is 23.5 Å². The molecule has 0 saturated carbocycles. The van der Waals surface area contributed by atoms with Crippen molar-refractivity contribution in [1.82, 2.24) is 10.6 Å². The molecular formula is C10H18N2O2S2. The van der Waals surface area contributed by atoms with Crippen molar-refractivity contribution in [2.45, 2.75) is 11.3 Å². The fourth-order valence-electron chi connectivity index (χ4n) is 1.73. The minimum absolute atomic E-state index is 0.0795. The molecule has 92 valence electrons. The Kier molecular flexibility index (Phi) is 5.28. The van der Waals surface area contributed by atoms with Crippen molar-refractivity contribution in [3.63, 3.8) is 0 Å². The molecule has 6 heteroatoms. The van der Waals surface area contributed by atoms with Gasteiger partial charge in [0.15, 0.2) is 0 Å². The summed E-state index contributed by atoms with van der Waals surface area (Å²) in [5.74, 6) is 3.68. The van der Waals surface area contributed by atoms with Crippen molar-refractivity contribution < 1.29 is 9.53 Å². The van der Waals surface area contributed by atoms with Gasteiger partial charge in [0.25, 0.3) is 0 Å². The van der Waals surface area contributed by atoms with Crippen LogP contribution >= 0.6 is 23.5 Å². The Hall–Kier alpha value is 0.0900. The number of rotatable bonds is 3. The molecular weight excluding hydrogens is 244 g/mol. The van der Waals surface area contributed by atoms with Crippen LogP contribution in [0.5, 0.6) is 0 Å². The van der Waals surface area contributed by atoms with E-state index in [1.54, 1.807) is 0 Å². The van der Waals surface area contributed by atoms with Gasteiger partial charge in [-0.3, -0.25) is 4.79 Å². The molecule has 2 saturated heterocycles. The van der Waals surface area contributed by atoms with Gasteiger partial charge in [0.1, 0.15) is 6.04 Å². The van der Waals surface area contributed by atoms with E-state index in [2.05, 4.69) is 10.6 Å². The molecule has 2 heterocycles. The number of carbonyl (C=O) groups excluding carboxylic acids is 1. The molecule has 2 rings (SSSR count). The Balaban J connectivity index is 1.65. The summed E-state index contributed by atoms with van der Waals surface area (Å²) in [7, 11) is 0. The summed E-state index contributed by atoms with van der Waals surface area (Å²) < 4.78 is 5.26. The highest BCUT2D eigenvalue weighted by Crippen LogP contribution is 2.23. The molecule has 0 bridgehead atoms. The zero-order chi connectivity index (χ0) is 11.2. The largest absolute Gasteiger partial charge is 0.378 e. The third kappa shape index (κ3) is 3.84. The second-order valence-corrected chi connectivity index (χ2v) is 6.45. The van der Waals surface area contributed by atoms with Crippen LogP contribution in [0.25, 0.3) is 0 Å². The van der Waals surface area contributed by atoms with Crippen LogP contribution in [0, 0.1) is 0 Å². The summed E-state index contributed by atoms with van der Waals surface area (Å²) in [5, 5.41) is 6.74. The van der Waals surface area contributed by atoms with Crippen molar-refractivity contribution in [3.8, 4) is 0 Å². The van der Waals surface area contributed by atoms with E-state index in [4.69, 9.17) is 4.74 Å². The van der Waals surface area contributed by atoms with E-state index >= 15 is 0 Å². The maximum atomic E-state index is 11.8. The third-order valence-corrected chi connectivity index (χ3v) is 5.47. The summed E-state index contributed by atoms with van der Waals surface area (Å²) in [6, 6.07) is -0.157. The van der Waals surface area contributed by atoms with E-state index in [-0.39, 0.29) is 11.9 Å². The molecule has 2 unspecified atom stereocenters. The second-order valence-electron chi connectivity index (χ2n) is 3.89. The summed E-state index contributed by atoms with van der Waals surface area (Å²) in [6.45, 7) is 2.76. The summed E-state index contributed by atoms with van der Waals surface area (Å²) in [6.07, 6.45) is 0. The van der Waals surface area contributed by atoms with Gasteiger partial charge in [-0.05, 0) is 0 Å². The van der Waals surface area contributed by atoms with Crippen LogP contribution in [0.4, 0.5) is 0 Å². The fourth-order valence-corrected chi connectivity index (χ4v) is 4.34. The van der Waals surface area contributed by atoms with Gasteiger partial charge >= 0.3 is 0 Å². The first-order chi connectivity index (χ1) is 7.86. The van der Waals surface area contributed by atoms with Crippen LogP contribution in [0.2, 0.25) is 0 Å². The zero-order valence-electron chi connectivity index (χ0n) is 9.24. The molecule has 2 N–H and O–H groups in total. The maximum absolute atomic E-state index is 11.8. The molecule has 0 spiro atoms. The molecule has 2 aliphatic rings. The van der Waals surface area contributed by atoms with Crippen molar-refractivity contribution in [2.75, 3.05) is 43.6 Å². The van der Waals surface area contributed by atoms with E-state index in [9.17, 15) is 4.79 Å². The first-order valence-electron chi connectivity index (χ1n) is 5.64. The highest BCUT2D eigenvalue weighted by atomic mass is 32.2. The van der Waals surface area contributed by atoms with Gasteiger partial charge in [0.05, 0.1) is 13.2 Å². The Morgan fingerprint density at radius 3 is 3.12 bits per heavy atom. The van der Waals surface area contributed by atoms with Crippen LogP contribution in [-0.2, 0) is 9.53 Å². The number of carbonyl (C=O) groups is 1. The molecule has 2 atom stereocenters. The van der Waals surface area contributed by atoms with Crippen molar-refractivity contribution in [3.05, 3.63) is 0 Å². The zero-order valence-corrected chi connectivity index (χ0v) is 10.9. The van der Waals surface area contributed by atoms with Gasteiger partial charge in [0.2, 0.25) is 5.91 Å². The van der Waals surface area contributed by atoms with Gasteiger partial charge in [-0.25, -0.2) is 0 Å². The van der Waals surface area contributed by atoms with Gasteiger partial charge in [-0.15, -0.1) is 0 Å². The lowest BCUT2D eigenvalue weighted by atomic mass is 10.2. The fraction of sp³-hybridized carbons (Fsp3) is 0.900. The van der Waals surface area contributed by atoms with Crippen molar-refractivity contribution >= 4 is 29.4 Å². The smallest absolute Gasteiger partial charge is 0.239 e. The molecule has 4 nitrogen and oxygen atoms in total. The van der Waals surface area contributed by atoms with Gasteiger partial charge in [-0.1, -0.05) is 0 Å². The average Bonchev–Trinajstić information content (AvgIpc) is 2.38. The topological polar surface area (TPSA) is 50.4 Å². The molecule has 0 aliphatic carbocycles. The standard InChI is InChI=1S/C10H18N2O2S2/c13-10(9-6-14-2-1-11-9)12-5-8-7-15-3-4-16-8/h8-9,11H,1-7H2,(H,12,13). The Morgan fingerprint density at radius 2 is 2.44 bits per heavy atom. The van der Waals surface area contributed by atoms with Crippen LogP contribution in [0.1, 0.15) is 0 Å². The normalized spacial score (nSPS) is 31.0. The summed E-state index contributed by atoms with van der Waals surface area (Å²) in [4.78, 5) is 11.8. The van der Waals surface area contributed by atoms with Crippen LogP contribution < -0.4 is 10.6 Å². The molecule has 2 aliphatic heterocycles. The summed E-state index contributed by atoms with van der Waals surface area (Å²) in [5.41, 5.74) is 0. The highest BCUT2D eigenvalue weighted by Gasteiger charge is 2.22. The average molecular weight is 262 g/mol. The van der Waals surface area contributed by atoms with Gasteiger partial charge in [0, 0.05) is 35.6 Å². The predicted molar refractivity (Wildman–Crippen MR) is 69.2 cm³/mol. The molecule has 1 amide bonds. The monoisotopic (exact) mass is 262 g/mol. The minimum atomic E-state index is -0.157. The quantitative estimate of drug-likeness (QED) is 0.746. The highest BCUT2D eigenvalue weighted by molar-refractivity contribution is 8.06. The number of nitrogens with one attached hydrogen (secondary N) is 2. The molecule has 0 radical (unpaired) electrons. The molecule has 2 fully saturated rings. The van der Waals surface area contributed by atoms with Crippen LogP contribution in [-0.4, -0.2) is 60.8 Å². The lowest BCUT2D eigenvalue weighted by Gasteiger charge is -2.25. The van der Waals surface area contributed by atoms with E-state index in [0.717, 1.165) is 18.8 Å². The van der Waals surface area contributed by atoms with Crippen LogP contribution in [0.3, 0.4) is 0 Å². The SMILES string of the molecule is O=C(NCC1CSCCS1)C1COCCN1. The van der Waals surface area contributed by atoms with E-state index in [1.807, 2.05) is 23.5 Å². The number of morpholine rings is 1. The lowest BCUT2D eigenvalue weighted by molar-refractivity contribution is -0.125. The Labute approximate surface area is 105 Å². The second kappa shape index (κ2) is 6.74. The number of hydrogen-bond acceptors (Lipinski definition) is 5. The van der Waals surface area contributed by atoms with E-state index in [0.29, 0.717) is 18.5 Å². The first kappa shape index (κ1) is 12.5. The first-order valence-corrected chi connectivity index (χ1v) is 7.85. The number of hydrogen-bond donors (Lipinski definition) is 2. The third-order valence-electron chi connectivity index (χ3n) is 2.63. The van der Waals surface area contributed by atoms with Crippen molar-refractivity contribution in [1.29, 1.82) is 0 Å². The maximum Gasteiger partial charge on any atom is 0.239 e. The Bertz CT molecular complexity index is 229. The molecule has 16 heavy (non-hydrogen) atoms. The number of thioether (sulfide) groups is 2. The Morgan fingerprint density at radius 1 is 1.50 bits per heavy atom. The van der Waals surface area contributed by atoms with Crippen LogP contribution in [0.15, 0.2) is 0 Å². The molecule has 0 aromatic rings. The number of amides is 1. The lowest BCUT2D eigenvalue weighted by Crippen LogP contribution is -2.52. The predicted octanol–water partition coefficient (Wildman–Crippen LogP) is -0.0604. The summed E-state index contributed by atoms with van der Waals surface area (Å²) >= 11 is 3.94. The van der Waals surface area contributed by atoms with E-state index in [1.165, 1.54) is 11.5 Å².